The van der Waals surface area contributed by atoms with Gasteiger partial charge in [-0.15, -0.1) is 0 Å². The summed E-state index contributed by atoms with van der Waals surface area (Å²) in [7, 11) is 0. The van der Waals surface area contributed by atoms with Crippen LogP contribution in [0.4, 0.5) is 0 Å². The summed E-state index contributed by atoms with van der Waals surface area (Å²) in [4.78, 5) is 13.5. The van der Waals surface area contributed by atoms with Crippen LogP contribution in [0, 0.1) is 0 Å². The van der Waals surface area contributed by atoms with Gasteiger partial charge in [0.1, 0.15) is 10.3 Å². The van der Waals surface area contributed by atoms with Gasteiger partial charge in [0.15, 0.2) is 0 Å². The summed E-state index contributed by atoms with van der Waals surface area (Å²) < 4.78 is 0.567. The predicted molar refractivity (Wildman–Crippen MR) is 45.2 cm³/mol. The molecule has 1 aromatic rings. The fourth-order valence-corrected chi connectivity index (χ4v) is 1.09. The molecule has 0 atom stereocenters. The van der Waals surface area contributed by atoms with Crippen LogP contribution in [0.1, 0.15) is 10.5 Å². The van der Waals surface area contributed by atoms with Crippen LogP contribution >= 0.6 is 27.5 Å². The fraction of sp³-hybridized carbons (Fsp3) is 0. The second-order valence-corrected chi connectivity index (χ2v) is 3.02. The molecular formula is C5H5BrClN3O. The number of aromatic nitrogens is 1. The van der Waals surface area contributed by atoms with Crippen molar-refractivity contribution in [2.45, 2.75) is 0 Å². The van der Waals surface area contributed by atoms with Gasteiger partial charge in [-0.05, 0) is 22.0 Å². The maximum atomic E-state index is 10.8. The molecule has 0 bridgehead atoms. The molecule has 0 aliphatic rings. The van der Waals surface area contributed by atoms with E-state index < -0.39 is 5.91 Å². The van der Waals surface area contributed by atoms with Crippen LogP contribution in [-0.2, 0) is 0 Å². The van der Waals surface area contributed by atoms with Gasteiger partial charge in [0.25, 0.3) is 5.91 Å². The van der Waals surface area contributed by atoms with Gasteiger partial charge in [0, 0.05) is 0 Å². The van der Waals surface area contributed by atoms with E-state index in [4.69, 9.17) is 17.4 Å². The lowest BCUT2D eigenvalue weighted by Crippen LogP contribution is -2.30. The molecule has 11 heavy (non-hydrogen) atoms. The normalized spacial score (nSPS) is 9.73. The van der Waals surface area contributed by atoms with Crippen LogP contribution in [-0.4, -0.2) is 10.9 Å². The third-order valence-corrected chi connectivity index (χ3v) is 2.25. The van der Waals surface area contributed by atoms with E-state index in [1.54, 1.807) is 0 Å². The van der Waals surface area contributed by atoms with Gasteiger partial charge in [0.2, 0.25) is 0 Å². The smallest absolute Gasteiger partial charge is 0.281 e. The highest BCUT2D eigenvalue weighted by Crippen LogP contribution is 2.21. The van der Waals surface area contributed by atoms with Crippen molar-refractivity contribution in [3.05, 3.63) is 21.4 Å². The fourth-order valence-electron chi connectivity index (χ4n) is 0.604. The molecule has 0 aromatic carbocycles. The van der Waals surface area contributed by atoms with Gasteiger partial charge in [-0.2, -0.15) is 0 Å². The van der Waals surface area contributed by atoms with E-state index in [9.17, 15) is 4.79 Å². The van der Waals surface area contributed by atoms with E-state index in [0.29, 0.717) is 15.3 Å². The van der Waals surface area contributed by atoms with Crippen LogP contribution in [0.3, 0.4) is 0 Å². The van der Waals surface area contributed by atoms with E-state index in [1.807, 2.05) is 5.43 Å². The highest BCUT2D eigenvalue weighted by molar-refractivity contribution is 9.10. The summed E-state index contributed by atoms with van der Waals surface area (Å²) in [6, 6.07) is 1.48. The molecule has 0 aliphatic heterocycles. The van der Waals surface area contributed by atoms with E-state index in [-0.39, 0.29) is 0 Å². The third-order valence-electron chi connectivity index (χ3n) is 1.10. The topological polar surface area (TPSA) is 70.9 Å². The minimum absolute atomic E-state index is 0.323. The van der Waals surface area contributed by atoms with Crippen molar-refractivity contribution < 1.29 is 4.79 Å². The second-order valence-electron chi connectivity index (χ2n) is 1.82. The molecule has 4 N–H and O–H groups in total. The number of rotatable bonds is 1. The zero-order chi connectivity index (χ0) is 8.43. The van der Waals surface area contributed by atoms with Crippen molar-refractivity contribution in [1.29, 1.82) is 0 Å². The Morgan fingerprint density at radius 3 is 2.82 bits per heavy atom. The Balaban J connectivity index is 2.97. The predicted octanol–water partition coefficient (Wildman–Crippen LogP) is 1.03. The lowest BCUT2D eigenvalue weighted by Gasteiger charge is -1.92. The number of aromatic amines is 1. The summed E-state index contributed by atoms with van der Waals surface area (Å²) in [5.74, 6) is 4.48. The highest BCUT2D eigenvalue weighted by Gasteiger charge is 2.08. The quantitative estimate of drug-likeness (QED) is 0.388. The largest absolute Gasteiger partial charge is 0.344 e. The summed E-state index contributed by atoms with van der Waals surface area (Å²) in [6.07, 6.45) is 0. The van der Waals surface area contributed by atoms with Gasteiger partial charge in [-0.1, -0.05) is 11.6 Å². The molecule has 6 heteroatoms. The number of hydrogen-bond acceptors (Lipinski definition) is 2. The SMILES string of the molecule is NNC(=O)c1cc(Cl)c(Br)[nH]1. The number of carbonyl (C=O) groups excluding carboxylic acids is 1. The Kier molecular flexibility index (Phi) is 2.53. The molecule has 1 heterocycles. The zero-order valence-corrected chi connectivity index (χ0v) is 7.66. The molecule has 1 rings (SSSR count). The van der Waals surface area contributed by atoms with Crippen LogP contribution in [0.25, 0.3) is 0 Å². The molecule has 1 amide bonds. The molecule has 1 aromatic heterocycles. The average molecular weight is 238 g/mol. The van der Waals surface area contributed by atoms with E-state index >= 15 is 0 Å². The Morgan fingerprint density at radius 2 is 2.45 bits per heavy atom. The Hall–Kier alpha value is -0.520. The van der Waals surface area contributed by atoms with Crippen LogP contribution in [0.15, 0.2) is 10.7 Å². The molecule has 0 radical (unpaired) electrons. The van der Waals surface area contributed by atoms with Crippen LogP contribution < -0.4 is 11.3 Å². The molecule has 0 aliphatic carbocycles. The number of nitrogens with one attached hydrogen (secondary N) is 2. The number of amides is 1. The Morgan fingerprint density at radius 1 is 1.82 bits per heavy atom. The van der Waals surface area contributed by atoms with Crippen molar-refractivity contribution in [2.24, 2.45) is 5.84 Å². The van der Waals surface area contributed by atoms with Crippen molar-refractivity contribution in [3.63, 3.8) is 0 Å². The first kappa shape index (κ1) is 8.58. The lowest BCUT2D eigenvalue weighted by atomic mass is 10.4. The monoisotopic (exact) mass is 237 g/mol. The summed E-state index contributed by atoms with van der Waals surface area (Å²) in [6.45, 7) is 0. The van der Waals surface area contributed by atoms with E-state index in [0.717, 1.165) is 0 Å². The van der Waals surface area contributed by atoms with Crippen molar-refractivity contribution in [1.82, 2.24) is 10.4 Å². The highest BCUT2D eigenvalue weighted by atomic mass is 79.9. The lowest BCUT2D eigenvalue weighted by molar-refractivity contribution is 0.0949. The van der Waals surface area contributed by atoms with Crippen molar-refractivity contribution >= 4 is 33.4 Å². The summed E-state index contributed by atoms with van der Waals surface area (Å²) >= 11 is 8.74. The Labute approximate surface area is 76.2 Å². The maximum Gasteiger partial charge on any atom is 0.281 e. The molecule has 0 saturated carbocycles. The minimum Gasteiger partial charge on any atom is -0.344 e. The first-order valence-electron chi connectivity index (χ1n) is 2.70. The maximum absolute atomic E-state index is 10.8. The third kappa shape index (κ3) is 1.74. The number of H-pyrrole nitrogens is 1. The number of hydrogen-bond donors (Lipinski definition) is 3. The average Bonchev–Trinajstić information content (AvgIpc) is 2.31. The number of carbonyl (C=O) groups is 1. The van der Waals surface area contributed by atoms with E-state index in [2.05, 4.69) is 20.9 Å². The van der Waals surface area contributed by atoms with Gasteiger partial charge in [-0.25, -0.2) is 5.84 Å². The number of halogens is 2. The number of hydrazine groups is 1. The van der Waals surface area contributed by atoms with Crippen molar-refractivity contribution in [3.8, 4) is 0 Å². The molecule has 0 saturated heterocycles. The Bertz CT molecular complexity index is 266. The van der Waals surface area contributed by atoms with Gasteiger partial charge in [0.05, 0.1) is 5.02 Å². The van der Waals surface area contributed by atoms with E-state index in [1.165, 1.54) is 6.07 Å². The first-order chi connectivity index (χ1) is 5.15. The molecular weight excluding hydrogens is 233 g/mol. The van der Waals surface area contributed by atoms with Crippen LogP contribution in [0.5, 0.6) is 0 Å². The van der Waals surface area contributed by atoms with Gasteiger partial charge < -0.3 is 4.98 Å². The van der Waals surface area contributed by atoms with Gasteiger partial charge in [-0.3, -0.25) is 10.2 Å². The molecule has 0 fully saturated rings. The first-order valence-corrected chi connectivity index (χ1v) is 3.87. The second kappa shape index (κ2) is 3.25. The van der Waals surface area contributed by atoms with Gasteiger partial charge >= 0.3 is 0 Å². The zero-order valence-electron chi connectivity index (χ0n) is 5.32. The number of nitrogen functional groups attached to an aromatic ring is 1. The van der Waals surface area contributed by atoms with Crippen LogP contribution in [0.2, 0.25) is 5.02 Å². The molecule has 0 spiro atoms. The molecule has 60 valence electrons. The molecule has 4 nitrogen and oxygen atoms in total. The summed E-state index contributed by atoms with van der Waals surface area (Å²) in [5, 5.41) is 0.448. The molecule has 0 unspecified atom stereocenters. The van der Waals surface area contributed by atoms with Crippen molar-refractivity contribution in [2.75, 3.05) is 0 Å². The number of nitrogens with two attached hydrogens (primary N) is 1. The minimum atomic E-state index is -0.405. The standard InChI is InChI=1S/C5H5BrClN3O/c6-4-2(7)1-3(9-4)5(11)10-8/h1,9H,8H2,(H,10,11). The summed E-state index contributed by atoms with van der Waals surface area (Å²) in [5.41, 5.74) is 2.30.